The molecule has 0 aliphatic rings. The van der Waals surface area contributed by atoms with Gasteiger partial charge in [-0.05, 0) is 58.7 Å². The van der Waals surface area contributed by atoms with Gasteiger partial charge in [-0.3, -0.25) is 4.79 Å². The van der Waals surface area contributed by atoms with Crippen LogP contribution in [0.2, 0.25) is 0 Å². The normalized spacial score (nSPS) is 11.1. The third kappa shape index (κ3) is 2.97. The molecule has 0 bridgehead atoms. The largest absolute Gasteiger partial charge is 0.380 e. The minimum Gasteiger partial charge on any atom is -0.380 e. The number of carbonyl (C=O) groups is 1. The Hall–Kier alpha value is -4.12. The molecule has 5 heteroatoms. The average Bonchev–Trinajstić information content (AvgIpc) is 3.16. The molecule has 3 N–H and O–H groups in total. The summed E-state index contributed by atoms with van der Waals surface area (Å²) < 4.78 is 5.41. The number of aromatic nitrogens is 1. The van der Waals surface area contributed by atoms with Crippen molar-refractivity contribution in [1.82, 2.24) is 5.16 Å². The fourth-order valence-corrected chi connectivity index (χ4v) is 3.81. The van der Waals surface area contributed by atoms with Gasteiger partial charge in [0, 0.05) is 11.3 Å². The molecule has 146 valence electrons. The Morgan fingerprint density at radius 1 is 0.967 bits per heavy atom. The van der Waals surface area contributed by atoms with Crippen molar-refractivity contribution in [3.8, 4) is 11.1 Å². The predicted molar refractivity (Wildman–Crippen MR) is 120 cm³/mol. The van der Waals surface area contributed by atoms with Gasteiger partial charge in [0.25, 0.3) is 5.91 Å². The van der Waals surface area contributed by atoms with Crippen LogP contribution in [0.5, 0.6) is 0 Å². The van der Waals surface area contributed by atoms with E-state index < -0.39 is 0 Å². The molecule has 30 heavy (non-hydrogen) atoms. The van der Waals surface area contributed by atoms with Crippen molar-refractivity contribution < 1.29 is 9.32 Å². The molecule has 1 amide bonds. The highest BCUT2D eigenvalue weighted by Gasteiger charge is 2.16. The number of rotatable bonds is 3. The van der Waals surface area contributed by atoms with E-state index in [4.69, 9.17) is 10.3 Å². The molecule has 5 nitrogen and oxygen atoms in total. The van der Waals surface area contributed by atoms with Crippen LogP contribution in [0.1, 0.15) is 15.9 Å². The standard InChI is InChI=1S/C25H19N3O2/c1-15-10-12-20(22-23(15)30-28-24(22)26)17-11-13-19-16(14-17)6-5-9-21(19)25(29)27-18-7-3-2-4-8-18/h2-14H,1H3,(H2,26,28)(H,27,29). The third-order valence-corrected chi connectivity index (χ3v) is 5.31. The molecule has 5 aromatic rings. The fourth-order valence-electron chi connectivity index (χ4n) is 3.81. The number of nitrogens with zero attached hydrogens (tertiary/aromatic N) is 1. The van der Waals surface area contributed by atoms with Gasteiger partial charge < -0.3 is 15.6 Å². The summed E-state index contributed by atoms with van der Waals surface area (Å²) in [6, 6.07) is 25.2. The van der Waals surface area contributed by atoms with Crippen LogP contribution in [0.15, 0.2) is 83.4 Å². The molecule has 0 spiro atoms. The van der Waals surface area contributed by atoms with E-state index in [-0.39, 0.29) is 5.91 Å². The van der Waals surface area contributed by atoms with Crippen LogP contribution >= 0.6 is 0 Å². The van der Waals surface area contributed by atoms with E-state index in [1.807, 2.05) is 79.7 Å². The lowest BCUT2D eigenvalue weighted by molar-refractivity contribution is 0.102. The van der Waals surface area contributed by atoms with E-state index in [1.165, 1.54) is 0 Å². The second-order valence-electron chi connectivity index (χ2n) is 7.26. The minimum absolute atomic E-state index is 0.138. The van der Waals surface area contributed by atoms with Crippen molar-refractivity contribution in [2.45, 2.75) is 6.92 Å². The van der Waals surface area contributed by atoms with Crippen molar-refractivity contribution in [3.05, 3.63) is 90.0 Å². The molecule has 1 aromatic heterocycles. The van der Waals surface area contributed by atoms with Crippen LogP contribution < -0.4 is 11.1 Å². The Labute approximate surface area is 173 Å². The summed E-state index contributed by atoms with van der Waals surface area (Å²) in [5.41, 5.74) is 11.1. The molecular weight excluding hydrogens is 374 g/mol. The predicted octanol–water partition coefficient (Wildman–Crippen LogP) is 5.79. The summed E-state index contributed by atoms with van der Waals surface area (Å²) in [6.07, 6.45) is 0. The van der Waals surface area contributed by atoms with E-state index in [2.05, 4.69) is 16.5 Å². The highest BCUT2D eigenvalue weighted by atomic mass is 16.5. The van der Waals surface area contributed by atoms with Crippen molar-refractivity contribution in [2.75, 3.05) is 11.1 Å². The number of hydrogen-bond acceptors (Lipinski definition) is 4. The Morgan fingerprint density at radius 2 is 1.80 bits per heavy atom. The van der Waals surface area contributed by atoms with Gasteiger partial charge in [0.2, 0.25) is 0 Å². The third-order valence-electron chi connectivity index (χ3n) is 5.31. The van der Waals surface area contributed by atoms with Crippen molar-refractivity contribution in [2.24, 2.45) is 0 Å². The molecule has 0 saturated carbocycles. The SMILES string of the molecule is Cc1ccc(-c2ccc3c(C(=O)Nc4ccccc4)cccc3c2)c2c(N)noc12. The summed E-state index contributed by atoms with van der Waals surface area (Å²) in [6.45, 7) is 1.97. The van der Waals surface area contributed by atoms with Crippen molar-refractivity contribution in [1.29, 1.82) is 0 Å². The number of nitrogen functional groups attached to an aromatic ring is 1. The first-order valence-electron chi connectivity index (χ1n) is 9.66. The molecular formula is C25H19N3O2. The zero-order valence-corrected chi connectivity index (χ0v) is 16.3. The quantitative estimate of drug-likeness (QED) is 0.406. The van der Waals surface area contributed by atoms with Gasteiger partial charge in [-0.15, -0.1) is 0 Å². The maximum atomic E-state index is 12.9. The second-order valence-corrected chi connectivity index (χ2v) is 7.26. The van der Waals surface area contributed by atoms with Gasteiger partial charge in [0.15, 0.2) is 11.4 Å². The molecule has 4 aromatic carbocycles. The molecule has 0 aliphatic heterocycles. The Bertz CT molecular complexity index is 1400. The number of hydrogen-bond donors (Lipinski definition) is 2. The lowest BCUT2D eigenvalue weighted by atomic mass is 9.95. The van der Waals surface area contributed by atoms with Crippen LogP contribution in [0.25, 0.3) is 32.9 Å². The van der Waals surface area contributed by atoms with E-state index in [9.17, 15) is 4.79 Å². The summed E-state index contributed by atoms with van der Waals surface area (Å²) in [5, 5.41) is 9.55. The van der Waals surface area contributed by atoms with Gasteiger partial charge in [-0.1, -0.05) is 59.8 Å². The van der Waals surface area contributed by atoms with Gasteiger partial charge in [0.05, 0.1) is 5.39 Å². The lowest BCUT2D eigenvalue weighted by Crippen LogP contribution is -2.12. The first-order valence-corrected chi connectivity index (χ1v) is 9.66. The summed E-state index contributed by atoms with van der Waals surface area (Å²) in [7, 11) is 0. The number of fused-ring (bicyclic) bond motifs is 2. The monoisotopic (exact) mass is 393 g/mol. The zero-order chi connectivity index (χ0) is 20.7. The topological polar surface area (TPSA) is 81.2 Å². The number of carbonyl (C=O) groups excluding carboxylic acids is 1. The number of amides is 1. The molecule has 0 unspecified atom stereocenters. The molecule has 0 radical (unpaired) electrons. The fraction of sp³-hybridized carbons (Fsp3) is 0.0400. The first-order chi connectivity index (χ1) is 14.6. The van der Waals surface area contributed by atoms with Crippen LogP contribution in [0, 0.1) is 6.92 Å². The van der Waals surface area contributed by atoms with Crippen LogP contribution in [0.3, 0.4) is 0 Å². The summed E-state index contributed by atoms with van der Waals surface area (Å²) >= 11 is 0. The summed E-state index contributed by atoms with van der Waals surface area (Å²) in [4.78, 5) is 12.9. The molecule has 0 atom stereocenters. The average molecular weight is 393 g/mol. The first kappa shape index (κ1) is 17.9. The molecule has 5 rings (SSSR count). The van der Waals surface area contributed by atoms with Gasteiger partial charge in [-0.25, -0.2) is 0 Å². The van der Waals surface area contributed by atoms with Crippen molar-refractivity contribution in [3.63, 3.8) is 0 Å². The summed E-state index contributed by atoms with van der Waals surface area (Å²) in [5.74, 6) is 0.236. The number of anilines is 2. The number of benzene rings is 4. The van der Waals surface area contributed by atoms with Crippen LogP contribution in [-0.2, 0) is 0 Å². The lowest BCUT2D eigenvalue weighted by Gasteiger charge is -2.10. The number of nitrogens with two attached hydrogens (primary N) is 1. The second kappa shape index (κ2) is 7.04. The number of para-hydroxylation sites is 1. The van der Waals surface area contributed by atoms with E-state index in [0.717, 1.165) is 38.5 Å². The maximum absolute atomic E-state index is 12.9. The molecule has 1 heterocycles. The molecule has 0 fully saturated rings. The zero-order valence-electron chi connectivity index (χ0n) is 16.3. The van der Waals surface area contributed by atoms with E-state index in [0.29, 0.717) is 17.0 Å². The van der Waals surface area contributed by atoms with Gasteiger partial charge >= 0.3 is 0 Å². The maximum Gasteiger partial charge on any atom is 0.256 e. The highest BCUT2D eigenvalue weighted by molar-refractivity contribution is 6.13. The van der Waals surface area contributed by atoms with Gasteiger partial charge in [0.1, 0.15) is 0 Å². The van der Waals surface area contributed by atoms with E-state index >= 15 is 0 Å². The Morgan fingerprint density at radius 3 is 2.63 bits per heavy atom. The Kier molecular flexibility index (Phi) is 4.21. The highest BCUT2D eigenvalue weighted by Crippen LogP contribution is 2.36. The Balaban J connectivity index is 1.59. The minimum atomic E-state index is -0.138. The number of nitrogens with one attached hydrogen (secondary N) is 1. The molecule has 0 saturated heterocycles. The number of aryl methyl sites for hydroxylation is 1. The van der Waals surface area contributed by atoms with Gasteiger partial charge in [-0.2, -0.15) is 0 Å². The van der Waals surface area contributed by atoms with E-state index in [1.54, 1.807) is 0 Å². The van der Waals surface area contributed by atoms with Crippen LogP contribution in [-0.4, -0.2) is 11.1 Å². The smallest absolute Gasteiger partial charge is 0.256 e. The molecule has 0 aliphatic carbocycles. The van der Waals surface area contributed by atoms with Crippen LogP contribution in [0.4, 0.5) is 11.5 Å². The van der Waals surface area contributed by atoms with Crippen molar-refractivity contribution >= 4 is 39.2 Å².